The molecule has 112 valence electrons. The number of carbonyl (C=O) groups is 1. The highest BCUT2D eigenvalue weighted by Gasteiger charge is 2.21. The van der Waals surface area contributed by atoms with Crippen molar-refractivity contribution in [2.75, 3.05) is 21.3 Å². The highest BCUT2D eigenvalue weighted by molar-refractivity contribution is 7.89. The van der Waals surface area contributed by atoms with Gasteiger partial charge in [-0.3, -0.25) is 4.79 Å². The van der Waals surface area contributed by atoms with Crippen molar-refractivity contribution in [3.8, 4) is 11.5 Å². The van der Waals surface area contributed by atoms with Crippen molar-refractivity contribution in [1.29, 1.82) is 0 Å². The number of methoxy groups -OCH3 is 2. The van der Waals surface area contributed by atoms with E-state index in [1.54, 1.807) is 0 Å². The van der Waals surface area contributed by atoms with Crippen molar-refractivity contribution in [3.05, 3.63) is 17.7 Å². The highest BCUT2D eigenvalue weighted by Crippen LogP contribution is 2.33. The third-order valence-electron chi connectivity index (χ3n) is 2.73. The molecule has 0 amide bonds. The van der Waals surface area contributed by atoms with Crippen LogP contribution in [0.25, 0.3) is 0 Å². The number of carboxylic acids is 1. The van der Waals surface area contributed by atoms with Gasteiger partial charge in [-0.05, 0) is 25.1 Å². The number of ether oxygens (including phenoxy) is 2. The fourth-order valence-electron chi connectivity index (χ4n) is 1.70. The smallest absolute Gasteiger partial charge is 0.303 e. The molecule has 0 radical (unpaired) electrons. The molecule has 0 fully saturated rings. The van der Waals surface area contributed by atoms with Crippen molar-refractivity contribution < 1.29 is 27.8 Å². The van der Waals surface area contributed by atoms with Gasteiger partial charge in [-0.1, -0.05) is 0 Å². The molecule has 1 rings (SSSR count). The number of carboxylic acid groups (broad SMARTS) is 1. The standard InChI is InChI=1S/C12H17NO6S/c1-13-20(16,17)11-7-10(19-3)9(18-2)6-8(11)4-5-12(14)15/h6-7,13H,4-5H2,1-3H3,(H,14,15). The number of hydrogen-bond acceptors (Lipinski definition) is 5. The first-order chi connectivity index (χ1) is 9.35. The third kappa shape index (κ3) is 3.61. The minimum Gasteiger partial charge on any atom is -0.493 e. The molecule has 8 heteroatoms. The quantitative estimate of drug-likeness (QED) is 0.766. The molecule has 0 bridgehead atoms. The molecule has 0 unspecified atom stereocenters. The van der Waals surface area contributed by atoms with Crippen LogP contribution >= 0.6 is 0 Å². The van der Waals surface area contributed by atoms with Gasteiger partial charge in [0.15, 0.2) is 11.5 Å². The van der Waals surface area contributed by atoms with Gasteiger partial charge in [-0.25, -0.2) is 13.1 Å². The maximum Gasteiger partial charge on any atom is 0.303 e. The predicted octanol–water partition coefficient (Wildman–Crippen LogP) is 0.629. The van der Waals surface area contributed by atoms with E-state index in [2.05, 4.69) is 4.72 Å². The van der Waals surface area contributed by atoms with Crippen LogP contribution in [0.2, 0.25) is 0 Å². The lowest BCUT2D eigenvalue weighted by molar-refractivity contribution is -0.136. The Morgan fingerprint density at radius 3 is 2.25 bits per heavy atom. The summed E-state index contributed by atoms with van der Waals surface area (Å²) in [5, 5.41) is 8.73. The van der Waals surface area contributed by atoms with E-state index in [0.717, 1.165) is 0 Å². The van der Waals surface area contributed by atoms with E-state index in [4.69, 9.17) is 14.6 Å². The summed E-state index contributed by atoms with van der Waals surface area (Å²) in [5.74, 6) is -0.393. The Morgan fingerprint density at radius 2 is 1.80 bits per heavy atom. The molecule has 0 saturated heterocycles. The molecular weight excluding hydrogens is 286 g/mol. The molecule has 0 spiro atoms. The molecule has 0 saturated carbocycles. The van der Waals surface area contributed by atoms with Crippen LogP contribution in [0.5, 0.6) is 11.5 Å². The van der Waals surface area contributed by atoms with Gasteiger partial charge in [-0.2, -0.15) is 0 Å². The maximum atomic E-state index is 12.0. The van der Waals surface area contributed by atoms with Gasteiger partial charge in [0, 0.05) is 12.5 Å². The first-order valence-electron chi connectivity index (χ1n) is 5.76. The summed E-state index contributed by atoms with van der Waals surface area (Å²) in [6.45, 7) is 0. The van der Waals surface area contributed by atoms with Crippen molar-refractivity contribution in [1.82, 2.24) is 4.72 Å². The van der Waals surface area contributed by atoms with Crippen LogP contribution in [0.3, 0.4) is 0 Å². The van der Waals surface area contributed by atoms with E-state index in [9.17, 15) is 13.2 Å². The van der Waals surface area contributed by atoms with Crippen molar-refractivity contribution >= 4 is 16.0 Å². The molecule has 0 heterocycles. The summed E-state index contributed by atoms with van der Waals surface area (Å²) in [7, 11) is 0.387. The SMILES string of the molecule is CNS(=O)(=O)c1cc(OC)c(OC)cc1CCC(=O)O. The fourth-order valence-corrected chi connectivity index (χ4v) is 2.69. The Balaban J connectivity index is 3.40. The zero-order chi connectivity index (χ0) is 15.3. The largest absolute Gasteiger partial charge is 0.493 e. The lowest BCUT2D eigenvalue weighted by Crippen LogP contribution is -2.20. The number of aryl methyl sites for hydroxylation is 1. The summed E-state index contributed by atoms with van der Waals surface area (Å²) in [6, 6.07) is 2.80. The first kappa shape index (κ1) is 16.3. The van der Waals surface area contributed by atoms with Gasteiger partial charge in [0.05, 0.1) is 19.1 Å². The number of aliphatic carboxylic acids is 1. The van der Waals surface area contributed by atoms with Crippen molar-refractivity contribution in [2.45, 2.75) is 17.7 Å². The van der Waals surface area contributed by atoms with Crippen molar-refractivity contribution in [2.24, 2.45) is 0 Å². The molecular formula is C12H17NO6S. The van der Waals surface area contributed by atoms with Gasteiger partial charge in [0.25, 0.3) is 0 Å². The van der Waals surface area contributed by atoms with Crippen LogP contribution in [-0.4, -0.2) is 40.8 Å². The summed E-state index contributed by atoms with van der Waals surface area (Å²) in [6.07, 6.45) is -0.104. The molecule has 1 aromatic carbocycles. The van der Waals surface area contributed by atoms with E-state index >= 15 is 0 Å². The first-order valence-corrected chi connectivity index (χ1v) is 7.24. The fraction of sp³-hybridized carbons (Fsp3) is 0.417. The van der Waals surface area contributed by atoms with Crippen LogP contribution in [0, 0.1) is 0 Å². The number of sulfonamides is 1. The zero-order valence-corrected chi connectivity index (χ0v) is 12.3. The Hall–Kier alpha value is -1.80. The van der Waals surface area contributed by atoms with Crippen molar-refractivity contribution in [3.63, 3.8) is 0 Å². The molecule has 1 aromatic rings. The monoisotopic (exact) mass is 303 g/mol. The average Bonchev–Trinajstić information content (AvgIpc) is 2.43. The molecule has 2 N–H and O–H groups in total. The average molecular weight is 303 g/mol. The van der Waals surface area contributed by atoms with E-state index in [-0.39, 0.29) is 23.5 Å². The van der Waals surface area contributed by atoms with Gasteiger partial charge < -0.3 is 14.6 Å². The zero-order valence-electron chi connectivity index (χ0n) is 11.5. The summed E-state index contributed by atoms with van der Waals surface area (Å²) < 4.78 is 36.3. The molecule has 0 aliphatic carbocycles. The van der Waals surface area contributed by atoms with Crippen LogP contribution in [0.1, 0.15) is 12.0 Å². The van der Waals surface area contributed by atoms with E-state index in [1.165, 1.54) is 33.4 Å². The topological polar surface area (TPSA) is 102 Å². The van der Waals surface area contributed by atoms with Crippen LogP contribution < -0.4 is 14.2 Å². The molecule has 0 aliphatic rings. The van der Waals surface area contributed by atoms with Gasteiger partial charge in [0.1, 0.15) is 0 Å². The molecule has 20 heavy (non-hydrogen) atoms. The second-order valence-corrected chi connectivity index (χ2v) is 5.77. The van der Waals surface area contributed by atoms with Gasteiger partial charge in [-0.15, -0.1) is 0 Å². The normalized spacial score (nSPS) is 11.2. The maximum absolute atomic E-state index is 12.0. The second-order valence-electron chi connectivity index (χ2n) is 3.92. The Morgan fingerprint density at radius 1 is 1.25 bits per heavy atom. The second kappa shape index (κ2) is 6.58. The van der Waals surface area contributed by atoms with E-state index < -0.39 is 16.0 Å². The molecule has 0 aromatic heterocycles. The Bertz CT molecular complexity index is 596. The van der Waals surface area contributed by atoms with E-state index in [1.807, 2.05) is 0 Å². The molecule has 0 aliphatic heterocycles. The predicted molar refractivity (Wildman–Crippen MR) is 71.7 cm³/mol. The molecule has 7 nitrogen and oxygen atoms in total. The molecule has 0 atom stereocenters. The summed E-state index contributed by atoms with van der Waals surface area (Å²) in [5.41, 5.74) is 0.361. The van der Waals surface area contributed by atoms with Gasteiger partial charge in [0.2, 0.25) is 10.0 Å². The third-order valence-corrected chi connectivity index (χ3v) is 4.23. The minimum atomic E-state index is -3.71. The highest BCUT2D eigenvalue weighted by atomic mass is 32.2. The lowest BCUT2D eigenvalue weighted by atomic mass is 10.1. The number of benzene rings is 1. The van der Waals surface area contributed by atoms with Gasteiger partial charge >= 0.3 is 5.97 Å². The number of hydrogen-bond donors (Lipinski definition) is 2. The van der Waals surface area contributed by atoms with Crippen LogP contribution in [-0.2, 0) is 21.2 Å². The number of nitrogens with one attached hydrogen (secondary N) is 1. The Labute approximate surface area is 117 Å². The summed E-state index contributed by atoms with van der Waals surface area (Å²) in [4.78, 5) is 10.6. The van der Waals surface area contributed by atoms with Crippen LogP contribution in [0.15, 0.2) is 17.0 Å². The lowest BCUT2D eigenvalue weighted by Gasteiger charge is -2.14. The summed E-state index contributed by atoms with van der Waals surface area (Å²) >= 11 is 0. The minimum absolute atomic E-state index is 0.0149. The Kier molecular flexibility index (Phi) is 5.34. The van der Waals surface area contributed by atoms with Crippen LogP contribution in [0.4, 0.5) is 0 Å². The number of rotatable bonds is 7. The van der Waals surface area contributed by atoms with E-state index in [0.29, 0.717) is 11.3 Å².